The molecule has 28 heavy (non-hydrogen) atoms. The van der Waals surface area contributed by atoms with E-state index in [0.29, 0.717) is 23.4 Å². The van der Waals surface area contributed by atoms with Crippen molar-refractivity contribution in [1.82, 2.24) is 19.7 Å². The van der Waals surface area contributed by atoms with Gasteiger partial charge in [0.05, 0.1) is 24.4 Å². The molecule has 1 aliphatic heterocycles. The van der Waals surface area contributed by atoms with E-state index < -0.39 is 30.5 Å². The minimum atomic E-state index is -1.27. The Morgan fingerprint density at radius 3 is 2.96 bits per heavy atom. The van der Waals surface area contributed by atoms with E-state index in [9.17, 15) is 15.0 Å². The lowest BCUT2D eigenvalue weighted by Crippen LogP contribution is -2.34. The largest absolute Gasteiger partial charge is 0.467 e. The summed E-state index contributed by atoms with van der Waals surface area (Å²) in [4.78, 5) is 19.4. The normalized spacial score (nSPS) is 24.5. The highest BCUT2D eigenvalue weighted by Crippen LogP contribution is 2.32. The number of aliphatic hydroxyl groups excluding tert-OH is 2. The number of carbonyl (C=O) groups excluding carboxylic acids is 1. The number of nitrogens with one attached hydrogen (secondary N) is 1. The fourth-order valence-electron chi connectivity index (χ4n) is 3.04. The number of hydrogen-bond donors (Lipinski definition) is 3. The first kappa shape index (κ1) is 18.3. The van der Waals surface area contributed by atoms with Crippen molar-refractivity contribution in [2.75, 3.05) is 11.9 Å². The molecule has 1 aliphatic rings. The van der Waals surface area contributed by atoms with Gasteiger partial charge >= 0.3 is 5.97 Å². The Labute approximate surface area is 158 Å². The molecule has 148 valence electrons. The third-order valence-corrected chi connectivity index (χ3v) is 4.43. The number of fused-ring (bicyclic) bond motifs is 1. The number of rotatable bonds is 6. The smallest absolute Gasteiger partial charge is 0.302 e. The second kappa shape index (κ2) is 7.54. The van der Waals surface area contributed by atoms with Gasteiger partial charge in [-0.15, -0.1) is 0 Å². The molecule has 0 spiro atoms. The molecule has 1 saturated heterocycles. The number of nitrogens with zero attached hydrogens (tertiary/aromatic N) is 4. The third kappa shape index (κ3) is 3.42. The number of furan rings is 1. The van der Waals surface area contributed by atoms with E-state index in [4.69, 9.17) is 13.9 Å². The van der Waals surface area contributed by atoms with Crippen LogP contribution in [-0.2, 0) is 20.8 Å². The van der Waals surface area contributed by atoms with E-state index in [-0.39, 0.29) is 6.61 Å². The van der Waals surface area contributed by atoms with Crippen LogP contribution in [-0.4, -0.2) is 60.8 Å². The predicted molar refractivity (Wildman–Crippen MR) is 93.9 cm³/mol. The van der Waals surface area contributed by atoms with Crippen LogP contribution in [0.2, 0.25) is 0 Å². The van der Waals surface area contributed by atoms with Crippen LogP contribution in [0, 0.1) is 0 Å². The van der Waals surface area contributed by atoms with E-state index in [1.165, 1.54) is 17.9 Å². The summed E-state index contributed by atoms with van der Waals surface area (Å²) >= 11 is 0. The molecule has 0 aromatic carbocycles. The van der Waals surface area contributed by atoms with Crippen LogP contribution in [0.1, 0.15) is 18.9 Å². The molecule has 0 bridgehead atoms. The SMILES string of the molecule is CC(=O)OCC1OC(n2ncc3c(NCc4ccco4)ncnc32)C(O)C1O. The van der Waals surface area contributed by atoms with Crippen LogP contribution >= 0.6 is 0 Å². The van der Waals surface area contributed by atoms with Crippen molar-refractivity contribution in [3.8, 4) is 0 Å². The molecule has 11 heteroatoms. The number of ether oxygens (including phenoxy) is 2. The Bertz CT molecular complexity index is 958. The first-order valence-corrected chi connectivity index (χ1v) is 8.64. The lowest BCUT2D eigenvalue weighted by atomic mass is 10.1. The van der Waals surface area contributed by atoms with E-state index in [0.717, 1.165) is 5.76 Å². The van der Waals surface area contributed by atoms with E-state index in [1.807, 2.05) is 6.07 Å². The molecule has 0 amide bonds. The highest BCUT2D eigenvalue weighted by Gasteiger charge is 2.45. The van der Waals surface area contributed by atoms with Gasteiger partial charge < -0.3 is 29.4 Å². The maximum Gasteiger partial charge on any atom is 0.302 e. The van der Waals surface area contributed by atoms with Crippen LogP contribution in [0.3, 0.4) is 0 Å². The molecule has 3 N–H and O–H groups in total. The zero-order valence-electron chi connectivity index (χ0n) is 14.9. The second-order valence-corrected chi connectivity index (χ2v) is 6.33. The zero-order chi connectivity index (χ0) is 19.7. The van der Waals surface area contributed by atoms with Crippen molar-refractivity contribution in [2.45, 2.75) is 38.0 Å². The van der Waals surface area contributed by atoms with Gasteiger partial charge in [-0.2, -0.15) is 5.10 Å². The van der Waals surface area contributed by atoms with E-state index in [1.54, 1.807) is 18.5 Å². The van der Waals surface area contributed by atoms with Crippen molar-refractivity contribution in [1.29, 1.82) is 0 Å². The molecule has 3 aromatic rings. The summed E-state index contributed by atoms with van der Waals surface area (Å²) in [5.41, 5.74) is 0.418. The first-order chi connectivity index (χ1) is 13.5. The van der Waals surface area contributed by atoms with Gasteiger partial charge in [0, 0.05) is 6.92 Å². The van der Waals surface area contributed by atoms with Crippen molar-refractivity contribution in [3.63, 3.8) is 0 Å². The molecule has 0 saturated carbocycles. The molecule has 4 atom stereocenters. The highest BCUT2D eigenvalue weighted by molar-refractivity contribution is 5.86. The van der Waals surface area contributed by atoms with Gasteiger partial charge in [0.2, 0.25) is 0 Å². The third-order valence-electron chi connectivity index (χ3n) is 4.43. The lowest BCUT2D eigenvalue weighted by Gasteiger charge is -2.15. The molecular formula is C17H19N5O6. The van der Waals surface area contributed by atoms with Crippen LogP contribution in [0.25, 0.3) is 11.0 Å². The summed E-state index contributed by atoms with van der Waals surface area (Å²) in [5, 5.41) is 28.6. The molecule has 0 radical (unpaired) electrons. The molecule has 1 fully saturated rings. The Hall–Kier alpha value is -3.02. The molecule has 4 rings (SSSR count). The summed E-state index contributed by atoms with van der Waals surface area (Å²) in [7, 11) is 0. The molecule has 3 aromatic heterocycles. The minimum Gasteiger partial charge on any atom is -0.467 e. The number of anilines is 1. The summed E-state index contributed by atoms with van der Waals surface area (Å²) in [6, 6.07) is 3.63. The molecule has 0 aliphatic carbocycles. The predicted octanol–water partition coefficient (Wildman–Crippen LogP) is 0.214. The maximum atomic E-state index is 11.0. The molecule has 4 heterocycles. The average molecular weight is 389 g/mol. The van der Waals surface area contributed by atoms with Crippen LogP contribution in [0.4, 0.5) is 5.82 Å². The van der Waals surface area contributed by atoms with Gasteiger partial charge in [0.15, 0.2) is 11.9 Å². The molecule has 4 unspecified atom stereocenters. The van der Waals surface area contributed by atoms with Crippen molar-refractivity contribution in [3.05, 3.63) is 36.7 Å². The molecular weight excluding hydrogens is 370 g/mol. The summed E-state index contributed by atoms with van der Waals surface area (Å²) < 4.78 is 17.2. The van der Waals surface area contributed by atoms with E-state index >= 15 is 0 Å². The standard InChI is InChI=1S/C17H19N5O6/c1-9(23)27-7-12-13(24)14(25)17(28-12)22-16-11(6-21-22)15(19-8-20-16)18-5-10-3-2-4-26-10/h2-4,6,8,12-14,17,24-25H,5,7H2,1H3,(H,18,19,20). The van der Waals surface area contributed by atoms with Crippen molar-refractivity contribution < 1.29 is 28.9 Å². The van der Waals surface area contributed by atoms with Gasteiger partial charge in [-0.3, -0.25) is 4.79 Å². The van der Waals surface area contributed by atoms with Gasteiger partial charge in [-0.05, 0) is 12.1 Å². The topological polar surface area (TPSA) is 145 Å². The summed E-state index contributed by atoms with van der Waals surface area (Å²) in [6.07, 6.45) is 0.129. The highest BCUT2D eigenvalue weighted by atomic mass is 16.6. The van der Waals surface area contributed by atoms with E-state index in [2.05, 4.69) is 20.4 Å². The Morgan fingerprint density at radius 1 is 1.36 bits per heavy atom. The number of esters is 1. The second-order valence-electron chi connectivity index (χ2n) is 6.33. The fraction of sp³-hybridized carbons (Fsp3) is 0.412. The number of carbonyl (C=O) groups is 1. The van der Waals surface area contributed by atoms with Gasteiger partial charge in [0.1, 0.15) is 42.8 Å². The van der Waals surface area contributed by atoms with Crippen LogP contribution in [0.5, 0.6) is 0 Å². The summed E-state index contributed by atoms with van der Waals surface area (Å²) in [5.74, 6) is 0.778. The Morgan fingerprint density at radius 2 is 2.21 bits per heavy atom. The zero-order valence-corrected chi connectivity index (χ0v) is 14.9. The monoisotopic (exact) mass is 389 g/mol. The Balaban J connectivity index is 1.56. The van der Waals surface area contributed by atoms with Crippen molar-refractivity contribution in [2.24, 2.45) is 0 Å². The minimum absolute atomic E-state index is 0.172. The van der Waals surface area contributed by atoms with Crippen molar-refractivity contribution >= 4 is 22.8 Å². The quantitative estimate of drug-likeness (QED) is 0.500. The van der Waals surface area contributed by atoms with Gasteiger partial charge in [-0.1, -0.05) is 0 Å². The van der Waals surface area contributed by atoms with Gasteiger partial charge in [0.25, 0.3) is 0 Å². The Kier molecular flexibility index (Phi) is 4.94. The number of aliphatic hydroxyl groups is 2. The number of aromatic nitrogens is 4. The van der Waals surface area contributed by atoms with Crippen LogP contribution < -0.4 is 5.32 Å². The van der Waals surface area contributed by atoms with Crippen LogP contribution in [0.15, 0.2) is 35.3 Å². The lowest BCUT2D eigenvalue weighted by molar-refractivity contribution is -0.147. The fourth-order valence-corrected chi connectivity index (χ4v) is 3.04. The molecule has 11 nitrogen and oxygen atoms in total. The first-order valence-electron chi connectivity index (χ1n) is 8.64. The number of hydrogen-bond acceptors (Lipinski definition) is 10. The maximum absolute atomic E-state index is 11.0. The average Bonchev–Trinajstić information content (AvgIpc) is 3.40. The van der Waals surface area contributed by atoms with Gasteiger partial charge in [-0.25, -0.2) is 14.6 Å². The summed E-state index contributed by atoms with van der Waals surface area (Å²) in [6.45, 7) is 1.51.